The average molecular weight is 362 g/mol. The van der Waals surface area contributed by atoms with Crippen LogP contribution in [0.3, 0.4) is 0 Å². The summed E-state index contributed by atoms with van der Waals surface area (Å²) in [6, 6.07) is 0. The second kappa shape index (κ2) is 7.58. The van der Waals surface area contributed by atoms with Crippen molar-refractivity contribution in [2.75, 3.05) is 0 Å². The van der Waals surface area contributed by atoms with E-state index in [4.69, 9.17) is 9.47 Å². The molecule has 0 saturated heterocycles. The van der Waals surface area contributed by atoms with Crippen molar-refractivity contribution in [3.8, 4) is 0 Å². The van der Waals surface area contributed by atoms with Crippen LogP contribution in [0.25, 0.3) is 0 Å². The van der Waals surface area contributed by atoms with E-state index >= 15 is 0 Å². The molecule has 4 atom stereocenters. The Bertz CT molecular complexity index is 710. The predicted molar refractivity (Wildman–Crippen MR) is 94.8 cm³/mol. The van der Waals surface area contributed by atoms with Crippen LogP contribution in [0.4, 0.5) is 0 Å². The second-order valence-electron chi connectivity index (χ2n) is 7.42. The molecular weight excluding hydrogens is 336 g/mol. The molecule has 26 heavy (non-hydrogen) atoms. The lowest BCUT2D eigenvalue weighted by molar-refractivity contribution is -0.157. The summed E-state index contributed by atoms with van der Waals surface area (Å²) in [6.45, 7) is 8.85. The van der Waals surface area contributed by atoms with E-state index in [0.29, 0.717) is 5.57 Å². The van der Waals surface area contributed by atoms with Gasteiger partial charge in [0.05, 0.1) is 0 Å². The Balaban J connectivity index is 2.60. The van der Waals surface area contributed by atoms with E-state index in [1.54, 1.807) is 13.8 Å². The largest absolute Gasteiger partial charge is 0.453 e. The molecule has 6 heteroatoms. The lowest BCUT2D eigenvalue weighted by Gasteiger charge is -2.45. The molecule has 0 spiro atoms. The lowest BCUT2D eigenvalue weighted by atomic mass is 9.62. The Morgan fingerprint density at radius 1 is 1.46 bits per heavy atom. The van der Waals surface area contributed by atoms with Crippen LogP contribution < -0.4 is 0 Å². The number of esters is 2. The standard InChI is InChI=1S/C20H26O6/c1-11(2)9-15(22)25-17(16-13(4)18(23)26-19(16)24)20(5)12(3)7-6-8-14(20)10-21/h8-10,12,17,19,24H,6-7H2,1-5H3/t12-,17+,19-,20+/m0/s1. The summed E-state index contributed by atoms with van der Waals surface area (Å²) in [5.41, 5.74) is 0.785. The van der Waals surface area contributed by atoms with Gasteiger partial charge in [-0.3, -0.25) is 4.79 Å². The van der Waals surface area contributed by atoms with Crippen molar-refractivity contribution in [1.29, 1.82) is 0 Å². The third-order valence-electron chi connectivity index (χ3n) is 5.43. The van der Waals surface area contributed by atoms with Gasteiger partial charge < -0.3 is 14.6 Å². The molecule has 0 aromatic heterocycles. The average Bonchev–Trinajstić information content (AvgIpc) is 2.80. The van der Waals surface area contributed by atoms with Crippen molar-refractivity contribution in [1.82, 2.24) is 0 Å². The fourth-order valence-electron chi connectivity index (χ4n) is 3.66. The number of carbonyl (C=O) groups is 3. The molecule has 0 aromatic rings. The Kier molecular flexibility index (Phi) is 5.86. The Morgan fingerprint density at radius 2 is 2.12 bits per heavy atom. The van der Waals surface area contributed by atoms with E-state index in [1.807, 2.05) is 19.9 Å². The van der Waals surface area contributed by atoms with Gasteiger partial charge in [0, 0.05) is 22.6 Å². The highest BCUT2D eigenvalue weighted by Gasteiger charge is 2.51. The first-order chi connectivity index (χ1) is 12.1. The number of cyclic esters (lactones) is 1. The molecule has 2 rings (SSSR count). The third-order valence-corrected chi connectivity index (χ3v) is 5.43. The van der Waals surface area contributed by atoms with Crippen LogP contribution >= 0.6 is 0 Å². The van der Waals surface area contributed by atoms with Crippen LogP contribution in [0.2, 0.25) is 0 Å². The minimum Gasteiger partial charge on any atom is -0.453 e. The van der Waals surface area contributed by atoms with Crippen LogP contribution in [-0.2, 0) is 23.9 Å². The maximum absolute atomic E-state index is 12.4. The smallest absolute Gasteiger partial charge is 0.336 e. The molecule has 1 aliphatic heterocycles. The van der Waals surface area contributed by atoms with Crippen molar-refractivity contribution >= 4 is 18.2 Å². The lowest BCUT2D eigenvalue weighted by Crippen LogP contribution is -2.47. The first-order valence-electron chi connectivity index (χ1n) is 8.74. The number of carbonyl (C=O) groups excluding carboxylic acids is 3. The van der Waals surface area contributed by atoms with Gasteiger partial charge in [0.25, 0.3) is 0 Å². The molecule has 0 amide bonds. The summed E-state index contributed by atoms with van der Waals surface area (Å²) < 4.78 is 10.6. The van der Waals surface area contributed by atoms with E-state index in [-0.39, 0.29) is 17.1 Å². The van der Waals surface area contributed by atoms with Gasteiger partial charge in [-0.25, -0.2) is 9.59 Å². The summed E-state index contributed by atoms with van der Waals surface area (Å²) in [5, 5.41) is 10.3. The number of aliphatic hydroxyl groups excluding tert-OH is 1. The van der Waals surface area contributed by atoms with Crippen molar-refractivity contribution in [2.24, 2.45) is 11.3 Å². The molecule has 0 unspecified atom stereocenters. The molecule has 142 valence electrons. The van der Waals surface area contributed by atoms with Gasteiger partial charge in [-0.2, -0.15) is 0 Å². The first kappa shape index (κ1) is 20.1. The molecule has 0 saturated carbocycles. The van der Waals surface area contributed by atoms with Crippen LogP contribution in [0.15, 0.2) is 34.4 Å². The van der Waals surface area contributed by atoms with Crippen molar-refractivity contribution < 1.29 is 29.0 Å². The summed E-state index contributed by atoms with van der Waals surface area (Å²) in [5.74, 6) is -1.26. The van der Waals surface area contributed by atoms with Gasteiger partial charge in [0.15, 0.2) is 0 Å². The van der Waals surface area contributed by atoms with E-state index < -0.39 is 29.7 Å². The van der Waals surface area contributed by atoms with Gasteiger partial charge in [0.1, 0.15) is 12.4 Å². The van der Waals surface area contributed by atoms with E-state index in [0.717, 1.165) is 24.7 Å². The minimum absolute atomic E-state index is 0.0135. The van der Waals surface area contributed by atoms with Gasteiger partial charge >= 0.3 is 11.9 Å². The molecule has 0 fully saturated rings. The molecule has 6 nitrogen and oxygen atoms in total. The first-order valence-corrected chi connectivity index (χ1v) is 8.74. The van der Waals surface area contributed by atoms with Gasteiger partial charge in [-0.15, -0.1) is 0 Å². The summed E-state index contributed by atoms with van der Waals surface area (Å²) in [7, 11) is 0. The maximum atomic E-state index is 12.4. The molecule has 0 radical (unpaired) electrons. The van der Waals surface area contributed by atoms with Crippen molar-refractivity contribution in [3.05, 3.63) is 34.4 Å². The number of hydrogen-bond donors (Lipinski definition) is 1. The molecule has 2 aliphatic rings. The van der Waals surface area contributed by atoms with E-state index in [9.17, 15) is 19.5 Å². The number of rotatable bonds is 5. The molecule has 0 bridgehead atoms. The number of aldehydes is 1. The normalized spacial score (nSPS) is 29.6. The SMILES string of the molecule is CC(C)=CC(=O)O[C@H](C1=C(C)C(=O)O[C@@H]1O)[C@@]1(C)C(C=O)=CCC[C@@H]1C. The van der Waals surface area contributed by atoms with Crippen LogP contribution in [0, 0.1) is 11.3 Å². The molecule has 0 aromatic carbocycles. The van der Waals surface area contributed by atoms with Gasteiger partial charge in [-0.1, -0.05) is 25.5 Å². The monoisotopic (exact) mass is 362 g/mol. The van der Waals surface area contributed by atoms with Crippen molar-refractivity contribution in [2.45, 2.75) is 59.9 Å². The van der Waals surface area contributed by atoms with Crippen LogP contribution in [-0.4, -0.2) is 35.7 Å². The Hall–Kier alpha value is -2.21. The zero-order valence-corrected chi connectivity index (χ0v) is 15.9. The quantitative estimate of drug-likeness (QED) is 0.459. The zero-order valence-electron chi connectivity index (χ0n) is 15.9. The number of hydrogen-bond acceptors (Lipinski definition) is 6. The Morgan fingerprint density at radius 3 is 2.62 bits per heavy atom. The number of ether oxygens (including phenoxy) is 2. The highest BCUT2D eigenvalue weighted by atomic mass is 16.6. The van der Waals surface area contributed by atoms with E-state index in [2.05, 4.69) is 0 Å². The Labute approximate surface area is 153 Å². The second-order valence-corrected chi connectivity index (χ2v) is 7.42. The molecular formula is C20H26O6. The van der Waals surface area contributed by atoms with Gasteiger partial charge in [0.2, 0.25) is 6.29 Å². The van der Waals surface area contributed by atoms with Crippen molar-refractivity contribution in [3.63, 3.8) is 0 Å². The predicted octanol–water partition coefficient (Wildman–Crippen LogP) is 2.62. The summed E-state index contributed by atoms with van der Waals surface area (Å²) in [6.07, 6.45) is 2.99. The number of aliphatic hydroxyl groups is 1. The van der Waals surface area contributed by atoms with E-state index in [1.165, 1.54) is 13.0 Å². The zero-order chi connectivity index (χ0) is 19.6. The molecule has 1 N–H and O–H groups in total. The van der Waals surface area contributed by atoms with Gasteiger partial charge in [-0.05, 0) is 45.1 Å². The third kappa shape index (κ3) is 3.51. The van der Waals surface area contributed by atoms with Crippen LogP contribution in [0.1, 0.15) is 47.5 Å². The minimum atomic E-state index is -1.49. The highest BCUT2D eigenvalue weighted by molar-refractivity contribution is 5.92. The summed E-state index contributed by atoms with van der Waals surface area (Å²) >= 11 is 0. The fraction of sp³-hybridized carbons (Fsp3) is 0.550. The molecule has 1 aliphatic carbocycles. The topological polar surface area (TPSA) is 89.9 Å². The number of allylic oxidation sites excluding steroid dienone is 2. The maximum Gasteiger partial charge on any atom is 0.336 e. The van der Waals surface area contributed by atoms with Crippen LogP contribution in [0.5, 0.6) is 0 Å². The fourth-order valence-corrected chi connectivity index (χ4v) is 3.66. The molecule has 1 heterocycles. The summed E-state index contributed by atoms with van der Waals surface area (Å²) in [4.78, 5) is 36.0. The highest BCUT2D eigenvalue weighted by Crippen LogP contribution is 2.49.